The van der Waals surface area contributed by atoms with E-state index in [1.807, 2.05) is 0 Å². The van der Waals surface area contributed by atoms with Gasteiger partial charge >= 0.3 is 0 Å². The van der Waals surface area contributed by atoms with Crippen molar-refractivity contribution in [3.05, 3.63) is 50.2 Å². The lowest BCUT2D eigenvalue weighted by Gasteiger charge is -2.10. The molecule has 1 amide bonds. The summed E-state index contributed by atoms with van der Waals surface area (Å²) in [4.78, 5) is 16.2. The first-order valence-electron chi connectivity index (χ1n) is 7.00. The Balaban J connectivity index is 2.14. The van der Waals surface area contributed by atoms with E-state index in [9.17, 15) is 13.2 Å². The van der Waals surface area contributed by atoms with Crippen LogP contribution in [0.5, 0.6) is 5.75 Å². The zero-order valence-electron chi connectivity index (χ0n) is 13.2. The molecule has 0 saturated carbocycles. The van der Waals surface area contributed by atoms with Crippen molar-refractivity contribution in [1.29, 1.82) is 0 Å². The Morgan fingerprint density at radius 2 is 1.85 bits per heavy atom. The van der Waals surface area contributed by atoms with E-state index in [-0.39, 0.29) is 38.3 Å². The average Bonchev–Trinajstić information content (AvgIpc) is 2.55. The summed E-state index contributed by atoms with van der Waals surface area (Å²) in [6, 6.07) is 6.38. The van der Waals surface area contributed by atoms with Crippen LogP contribution in [0.2, 0.25) is 20.2 Å². The van der Waals surface area contributed by atoms with Crippen molar-refractivity contribution >= 4 is 67.8 Å². The topological polar surface area (TPSA) is 85.4 Å². The molecule has 11 heteroatoms. The molecule has 6 nitrogen and oxygen atoms in total. The maximum absolute atomic E-state index is 12.4. The molecular weight excluding hydrogens is 446 g/mol. The number of carbonyl (C=O) groups excluding carboxylic acids is 1. The Morgan fingerprint density at radius 3 is 2.50 bits per heavy atom. The average molecular weight is 458 g/mol. The van der Waals surface area contributed by atoms with Gasteiger partial charge in [-0.25, -0.2) is 13.4 Å². The van der Waals surface area contributed by atoms with Crippen LogP contribution in [0.25, 0.3) is 0 Å². The molecule has 0 radical (unpaired) electrons. The quantitative estimate of drug-likeness (QED) is 0.650. The number of nitrogens with one attached hydrogen (secondary N) is 1. The Hall–Kier alpha value is -1.25. The second-order valence-corrected chi connectivity index (χ2v) is 8.91. The minimum Gasteiger partial charge on any atom is -0.492 e. The Bertz CT molecular complexity index is 951. The molecule has 1 aromatic carbocycles. The number of sulfone groups is 1. The Labute approximate surface area is 170 Å². The van der Waals surface area contributed by atoms with E-state index in [0.717, 1.165) is 6.26 Å². The number of benzene rings is 1. The van der Waals surface area contributed by atoms with Gasteiger partial charge in [0.1, 0.15) is 23.2 Å². The normalized spacial score (nSPS) is 11.3. The summed E-state index contributed by atoms with van der Waals surface area (Å²) < 4.78 is 27.6. The molecule has 0 aliphatic heterocycles. The smallest absolute Gasteiger partial charge is 0.275 e. The summed E-state index contributed by atoms with van der Waals surface area (Å²) in [6.45, 7) is -0.00792. The van der Waals surface area contributed by atoms with Gasteiger partial charge in [0.05, 0.1) is 20.8 Å². The lowest BCUT2D eigenvalue weighted by atomic mass is 10.2. The Kier molecular flexibility index (Phi) is 6.99. The van der Waals surface area contributed by atoms with E-state index < -0.39 is 15.7 Å². The van der Waals surface area contributed by atoms with Crippen LogP contribution in [-0.4, -0.2) is 37.9 Å². The molecule has 0 saturated heterocycles. The van der Waals surface area contributed by atoms with Crippen LogP contribution in [0.3, 0.4) is 0 Å². The van der Waals surface area contributed by atoms with Gasteiger partial charge in [0, 0.05) is 18.0 Å². The van der Waals surface area contributed by atoms with Gasteiger partial charge in [0.2, 0.25) is 0 Å². The second kappa shape index (κ2) is 8.63. The lowest BCUT2D eigenvalue weighted by Crippen LogP contribution is -2.15. The molecule has 0 unspecified atom stereocenters. The van der Waals surface area contributed by atoms with Gasteiger partial charge in [-0.2, -0.15) is 0 Å². The van der Waals surface area contributed by atoms with E-state index >= 15 is 0 Å². The van der Waals surface area contributed by atoms with Crippen LogP contribution in [0.15, 0.2) is 24.3 Å². The van der Waals surface area contributed by atoms with E-state index in [4.69, 9.17) is 51.1 Å². The zero-order valence-corrected chi connectivity index (χ0v) is 17.1. The standard InChI is InChI=1S/C15H12Cl4N2O4S/c1-26(23,24)6-5-25-9-4-2-3-8(7-9)20-15(22)13-11(17)10(16)12(18)14(19)21-13/h2-4,7H,5-6H2,1H3,(H,20,22). The number of anilines is 1. The van der Waals surface area contributed by atoms with Gasteiger partial charge in [-0.05, 0) is 12.1 Å². The van der Waals surface area contributed by atoms with Gasteiger partial charge < -0.3 is 10.1 Å². The largest absolute Gasteiger partial charge is 0.492 e. The number of amides is 1. The molecule has 26 heavy (non-hydrogen) atoms. The van der Waals surface area contributed by atoms with Crippen molar-refractivity contribution in [3.8, 4) is 5.75 Å². The number of nitrogens with zero attached hydrogens (tertiary/aromatic N) is 1. The third-order valence-electron chi connectivity index (χ3n) is 3.01. The SMILES string of the molecule is CS(=O)(=O)CCOc1cccc(NC(=O)c2nc(Cl)c(Cl)c(Cl)c2Cl)c1. The molecule has 0 fully saturated rings. The molecule has 2 rings (SSSR count). The van der Waals surface area contributed by atoms with Gasteiger partial charge in [-0.15, -0.1) is 0 Å². The number of ether oxygens (including phenoxy) is 1. The van der Waals surface area contributed by atoms with Crippen molar-refractivity contribution in [2.75, 3.05) is 23.9 Å². The van der Waals surface area contributed by atoms with E-state index in [0.29, 0.717) is 11.4 Å². The van der Waals surface area contributed by atoms with Gasteiger partial charge in [-0.1, -0.05) is 52.5 Å². The van der Waals surface area contributed by atoms with E-state index in [1.54, 1.807) is 18.2 Å². The van der Waals surface area contributed by atoms with Crippen LogP contribution < -0.4 is 10.1 Å². The molecular formula is C15H12Cl4N2O4S. The minimum atomic E-state index is -3.13. The van der Waals surface area contributed by atoms with Gasteiger partial charge in [0.25, 0.3) is 5.91 Å². The summed E-state index contributed by atoms with van der Waals surface area (Å²) in [5.41, 5.74) is 0.196. The number of aromatic nitrogens is 1. The molecule has 1 N–H and O–H groups in total. The predicted molar refractivity (Wildman–Crippen MR) is 104 cm³/mol. The first kappa shape index (κ1) is 21.1. The Morgan fingerprint density at radius 1 is 1.15 bits per heavy atom. The van der Waals surface area contributed by atoms with Crippen LogP contribution in [0.4, 0.5) is 5.69 Å². The molecule has 1 aromatic heterocycles. The maximum atomic E-state index is 12.4. The highest BCUT2D eigenvalue weighted by Gasteiger charge is 2.20. The molecule has 2 aromatic rings. The minimum absolute atomic E-state index is 0.00792. The summed E-state index contributed by atoms with van der Waals surface area (Å²) in [5, 5.41) is 2.18. The number of hydrogen-bond donors (Lipinski definition) is 1. The zero-order chi connectivity index (χ0) is 19.5. The molecule has 0 spiro atoms. The third-order valence-corrected chi connectivity index (χ3v) is 5.60. The number of rotatable bonds is 6. The summed E-state index contributed by atoms with van der Waals surface area (Å²) in [5.74, 6) is -0.383. The molecule has 0 atom stereocenters. The first-order valence-corrected chi connectivity index (χ1v) is 10.6. The van der Waals surface area contributed by atoms with Crippen molar-refractivity contribution < 1.29 is 17.9 Å². The molecule has 0 aliphatic rings. The van der Waals surface area contributed by atoms with E-state index in [1.165, 1.54) is 6.07 Å². The second-order valence-electron chi connectivity index (χ2n) is 5.15. The summed E-state index contributed by atoms with van der Waals surface area (Å²) >= 11 is 23.6. The number of pyridine rings is 1. The highest BCUT2D eigenvalue weighted by molar-refractivity contribution is 7.90. The predicted octanol–water partition coefficient (Wildman–Crippen LogP) is 4.37. The molecule has 1 heterocycles. The van der Waals surface area contributed by atoms with Crippen molar-refractivity contribution in [3.63, 3.8) is 0 Å². The summed E-state index contributed by atoms with van der Waals surface area (Å²) in [6.07, 6.45) is 1.12. The van der Waals surface area contributed by atoms with Gasteiger partial charge in [0.15, 0.2) is 9.84 Å². The maximum Gasteiger partial charge on any atom is 0.275 e. The summed E-state index contributed by atoms with van der Waals surface area (Å²) in [7, 11) is -3.13. The third kappa shape index (κ3) is 5.62. The highest BCUT2D eigenvalue weighted by atomic mass is 35.5. The van der Waals surface area contributed by atoms with Gasteiger partial charge in [-0.3, -0.25) is 4.79 Å². The van der Waals surface area contributed by atoms with Crippen molar-refractivity contribution in [2.45, 2.75) is 0 Å². The first-order chi connectivity index (χ1) is 12.1. The van der Waals surface area contributed by atoms with Crippen molar-refractivity contribution in [1.82, 2.24) is 4.98 Å². The number of halogens is 4. The lowest BCUT2D eigenvalue weighted by molar-refractivity contribution is 0.102. The number of hydrogen-bond acceptors (Lipinski definition) is 5. The van der Waals surface area contributed by atoms with E-state index in [2.05, 4.69) is 10.3 Å². The molecule has 140 valence electrons. The monoisotopic (exact) mass is 456 g/mol. The molecule has 0 aliphatic carbocycles. The molecule has 0 bridgehead atoms. The fourth-order valence-electron chi connectivity index (χ4n) is 1.80. The van der Waals surface area contributed by atoms with Crippen molar-refractivity contribution in [2.24, 2.45) is 0 Å². The fraction of sp³-hybridized carbons (Fsp3) is 0.200. The highest BCUT2D eigenvalue weighted by Crippen LogP contribution is 2.36. The van der Waals surface area contributed by atoms with Crippen LogP contribution in [0.1, 0.15) is 10.5 Å². The van der Waals surface area contributed by atoms with Crippen LogP contribution >= 0.6 is 46.4 Å². The van der Waals surface area contributed by atoms with Crippen LogP contribution in [0, 0.1) is 0 Å². The van der Waals surface area contributed by atoms with Crippen LogP contribution in [-0.2, 0) is 9.84 Å². The number of carbonyl (C=O) groups is 1. The fourth-order valence-corrected chi connectivity index (χ4v) is 3.00.